The zero-order valence-electron chi connectivity index (χ0n) is 10.9. The topological polar surface area (TPSA) is 58.2 Å². The molecule has 0 aliphatic rings. The normalized spacial score (nSPS) is 11.0. The molecular formula is C13H15F3N2O2. The average molecular weight is 288 g/mol. The fraction of sp³-hybridized carbons (Fsp3) is 0.385. The number of amides is 2. The van der Waals surface area contributed by atoms with E-state index in [4.69, 9.17) is 0 Å². The van der Waals surface area contributed by atoms with Crippen LogP contribution in [0.25, 0.3) is 0 Å². The van der Waals surface area contributed by atoms with Gasteiger partial charge in [0.2, 0.25) is 11.8 Å². The summed E-state index contributed by atoms with van der Waals surface area (Å²) in [5, 5.41) is 4.67. The molecule has 0 radical (unpaired) electrons. The van der Waals surface area contributed by atoms with Crippen molar-refractivity contribution >= 4 is 17.5 Å². The summed E-state index contributed by atoms with van der Waals surface area (Å²) in [6.45, 7) is 1.55. The smallest absolute Gasteiger partial charge is 0.347 e. The first kappa shape index (κ1) is 16.0. The van der Waals surface area contributed by atoms with Crippen LogP contribution in [0.1, 0.15) is 25.3 Å². The maximum Gasteiger partial charge on any atom is 0.416 e. The summed E-state index contributed by atoms with van der Waals surface area (Å²) in [7, 11) is 0. The molecular weight excluding hydrogens is 273 g/mol. The van der Waals surface area contributed by atoms with E-state index in [9.17, 15) is 22.8 Å². The highest BCUT2D eigenvalue weighted by atomic mass is 19.4. The van der Waals surface area contributed by atoms with Gasteiger partial charge < -0.3 is 10.6 Å². The highest BCUT2D eigenvalue weighted by Gasteiger charge is 2.30. The quantitative estimate of drug-likeness (QED) is 0.875. The Morgan fingerprint density at radius 1 is 1.20 bits per heavy atom. The number of hydrogen-bond acceptors (Lipinski definition) is 2. The maximum absolute atomic E-state index is 12.5. The van der Waals surface area contributed by atoms with Crippen molar-refractivity contribution in [2.45, 2.75) is 25.9 Å². The van der Waals surface area contributed by atoms with Gasteiger partial charge in [-0.3, -0.25) is 9.59 Å². The van der Waals surface area contributed by atoms with Crippen LogP contribution in [0.4, 0.5) is 18.9 Å². The van der Waals surface area contributed by atoms with Crippen LogP contribution in [0, 0.1) is 0 Å². The molecule has 0 bridgehead atoms. The van der Waals surface area contributed by atoms with E-state index in [-0.39, 0.29) is 18.1 Å². The number of nitrogens with one attached hydrogen (secondary N) is 2. The van der Waals surface area contributed by atoms with E-state index in [1.54, 1.807) is 0 Å². The lowest BCUT2D eigenvalue weighted by Gasteiger charge is -2.10. The third-order valence-corrected chi connectivity index (χ3v) is 2.40. The predicted octanol–water partition coefficient (Wildman–Crippen LogP) is 2.56. The summed E-state index contributed by atoms with van der Waals surface area (Å²) in [5.41, 5.74) is -0.806. The zero-order valence-corrected chi connectivity index (χ0v) is 10.9. The Balaban J connectivity index is 2.56. The first-order valence-electron chi connectivity index (χ1n) is 6.06. The molecule has 110 valence electrons. The van der Waals surface area contributed by atoms with E-state index in [2.05, 4.69) is 10.6 Å². The first-order chi connectivity index (χ1) is 9.32. The second-order valence-electron chi connectivity index (χ2n) is 4.15. The van der Waals surface area contributed by atoms with Gasteiger partial charge in [-0.2, -0.15) is 13.2 Å². The number of anilines is 1. The van der Waals surface area contributed by atoms with E-state index in [0.29, 0.717) is 12.8 Å². The van der Waals surface area contributed by atoms with Gasteiger partial charge in [-0.05, 0) is 24.6 Å². The van der Waals surface area contributed by atoms with E-state index < -0.39 is 17.6 Å². The van der Waals surface area contributed by atoms with Crippen molar-refractivity contribution in [2.75, 3.05) is 11.9 Å². The van der Waals surface area contributed by atoms with Gasteiger partial charge in [0.1, 0.15) is 0 Å². The van der Waals surface area contributed by atoms with E-state index >= 15 is 0 Å². The van der Waals surface area contributed by atoms with E-state index in [1.807, 2.05) is 6.92 Å². The minimum Gasteiger partial charge on any atom is -0.347 e. The molecule has 2 amide bonds. The summed E-state index contributed by atoms with van der Waals surface area (Å²) < 4.78 is 37.4. The Labute approximate surface area is 114 Å². The average Bonchev–Trinajstić information content (AvgIpc) is 2.36. The lowest BCUT2D eigenvalue weighted by molar-refractivity contribution is -0.137. The van der Waals surface area contributed by atoms with Crippen molar-refractivity contribution in [1.82, 2.24) is 5.32 Å². The van der Waals surface area contributed by atoms with Crippen LogP contribution in [-0.2, 0) is 15.8 Å². The zero-order chi connectivity index (χ0) is 15.2. The standard InChI is InChI=1S/C13H15F3N2O2/c1-2-4-11(19)17-8-12(20)18-10-6-3-5-9(7-10)13(14,15)16/h3,5-7H,2,4,8H2,1H3,(H,17,19)(H,18,20). The highest BCUT2D eigenvalue weighted by Crippen LogP contribution is 2.30. The van der Waals surface area contributed by atoms with Gasteiger partial charge >= 0.3 is 6.18 Å². The largest absolute Gasteiger partial charge is 0.416 e. The Morgan fingerprint density at radius 2 is 1.90 bits per heavy atom. The van der Waals surface area contributed by atoms with Crippen LogP contribution in [0.5, 0.6) is 0 Å². The van der Waals surface area contributed by atoms with Crippen LogP contribution in [0.2, 0.25) is 0 Å². The number of halogens is 3. The van der Waals surface area contributed by atoms with Crippen LogP contribution in [0.3, 0.4) is 0 Å². The van der Waals surface area contributed by atoms with Gasteiger partial charge in [0, 0.05) is 12.1 Å². The lowest BCUT2D eigenvalue weighted by atomic mass is 10.2. The van der Waals surface area contributed by atoms with Gasteiger partial charge in [0.15, 0.2) is 0 Å². The molecule has 0 atom stereocenters. The summed E-state index contributed by atoms with van der Waals surface area (Å²) in [6.07, 6.45) is -3.51. The SMILES string of the molecule is CCCC(=O)NCC(=O)Nc1cccc(C(F)(F)F)c1. The van der Waals surface area contributed by atoms with Crippen molar-refractivity contribution < 1.29 is 22.8 Å². The Kier molecular flexibility index (Phi) is 5.54. The van der Waals surface area contributed by atoms with Crippen molar-refractivity contribution in [3.63, 3.8) is 0 Å². The molecule has 1 rings (SSSR count). The third-order valence-electron chi connectivity index (χ3n) is 2.40. The molecule has 0 unspecified atom stereocenters. The summed E-state index contributed by atoms with van der Waals surface area (Å²) in [6, 6.07) is 4.31. The molecule has 0 spiro atoms. The number of benzene rings is 1. The first-order valence-corrected chi connectivity index (χ1v) is 6.06. The predicted molar refractivity (Wildman–Crippen MR) is 68.0 cm³/mol. The second kappa shape index (κ2) is 6.93. The van der Waals surface area contributed by atoms with E-state index in [0.717, 1.165) is 12.1 Å². The van der Waals surface area contributed by atoms with Gasteiger partial charge in [0.05, 0.1) is 12.1 Å². The van der Waals surface area contributed by atoms with Gasteiger partial charge in [-0.15, -0.1) is 0 Å². The van der Waals surface area contributed by atoms with Gasteiger partial charge in [-0.25, -0.2) is 0 Å². The van der Waals surface area contributed by atoms with Crippen LogP contribution in [0.15, 0.2) is 24.3 Å². The monoisotopic (exact) mass is 288 g/mol. The number of hydrogen-bond donors (Lipinski definition) is 2. The van der Waals surface area contributed by atoms with Crippen molar-refractivity contribution in [1.29, 1.82) is 0 Å². The molecule has 0 aliphatic heterocycles. The summed E-state index contributed by atoms with van der Waals surface area (Å²) in [4.78, 5) is 22.6. The molecule has 7 heteroatoms. The molecule has 0 aliphatic carbocycles. The van der Waals surface area contributed by atoms with Crippen molar-refractivity contribution in [2.24, 2.45) is 0 Å². The molecule has 2 N–H and O–H groups in total. The van der Waals surface area contributed by atoms with Crippen molar-refractivity contribution in [3.05, 3.63) is 29.8 Å². The fourth-order valence-corrected chi connectivity index (χ4v) is 1.47. The number of carbonyl (C=O) groups is 2. The Morgan fingerprint density at radius 3 is 2.50 bits per heavy atom. The summed E-state index contributed by atoms with van der Waals surface area (Å²) >= 11 is 0. The van der Waals surface area contributed by atoms with Crippen LogP contribution < -0.4 is 10.6 Å². The fourth-order valence-electron chi connectivity index (χ4n) is 1.47. The van der Waals surface area contributed by atoms with Crippen LogP contribution >= 0.6 is 0 Å². The molecule has 1 aromatic rings. The molecule has 4 nitrogen and oxygen atoms in total. The van der Waals surface area contributed by atoms with Crippen LogP contribution in [-0.4, -0.2) is 18.4 Å². The van der Waals surface area contributed by atoms with E-state index in [1.165, 1.54) is 12.1 Å². The lowest BCUT2D eigenvalue weighted by Crippen LogP contribution is -2.32. The molecule has 0 saturated heterocycles. The number of carbonyl (C=O) groups excluding carboxylic acids is 2. The minimum atomic E-state index is -4.46. The molecule has 0 saturated carbocycles. The summed E-state index contributed by atoms with van der Waals surface area (Å²) in [5.74, 6) is -0.847. The molecule has 0 heterocycles. The highest BCUT2D eigenvalue weighted by molar-refractivity contribution is 5.94. The number of alkyl halides is 3. The molecule has 1 aromatic carbocycles. The van der Waals surface area contributed by atoms with Gasteiger partial charge in [0.25, 0.3) is 0 Å². The Hall–Kier alpha value is -2.05. The van der Waals surface area contributed by atoms with Gasteiger partial charge in [-0.1, -0.05) is 13.0 Å². The maximum atomic E-state index is 12.5. The number of rotatable bonds is 5. The molecule has 0 aromatic heterocycles. The molecule has 0 fully saturated rings. The third kappa shape index (κ3) is 5.29. The molecule has 20 heavy (non-hydrogen) atoms. The van der Waals surface area contributed by atoms with Crippen molar-refractivity contribution in [3.8, 4) is 0 Å². The Bertz CT molecular complexity index is 487. The second-order valence-corrected chi connectivity index (χ2v) is 4.15. The minimum absolute atomic E-state index is 0.0366.